The molecule has 2 heterocycles. The highest BCUT2D eigenvalue weighted by Gasteiger charge is 2.33. The molecule has 2 amide bonds. The summed E-state index contributed by atoms with van der Waals surface area (Å²) in [6, 6.07) is 9.74. The summed E-state index contributed by atoms with van der Waals surface area (Å²) in [5.41, 5.74) is 1.73. The highest BCUT2D eigenvalue weighted by Crippen LogP contribution is 2.32. The number of carbonyl (C=O) groups excluding carboxylic acids is 2. The lowest BCUT2D eigenvalue weighted by atomic mass is 10.1. The molecular weight excluding hydrogens is 272 g/mol. The van der Waals surface area contributed by atoms with Gasteiger partial charge in [-0.25, -0.2) is 0 Å². The van der Waals surface area contributed by atoms with Gasteiger partial charge in [-0.3, -0.25) is 19.5 Å². The molecule has 0 N–H and O–H groups in total. The minimum Gasteiger partial charge on any atom is -0.269 e. The van der Waals surface area contributed by atoms with Crippen molar-refractivity contribution in [3.8, 4) is 0 Å². The number of benzene rings is 1. The summed E-state index contributed by atoms with van der Waals surface area (Å²) in [4.78, 5) is 29.7. The number of hydrogen-bond donors (Lipinski definition) is 0. The zero-order chi connectivity index (χ0) is 14.1. The Morgan fingerprint density at radius 1 is 1.30 bits per heavy atom. The first-order valence-electron chi connectivity index (χ1n) is 6.29. The van der Waals surface area contributed by atoms with Crippen molar-refractivity contribution in [2.45, 2.75) is 6.92 Å². The van der Waals surface area contributed by atoms with Crippen LogP contribution in [0.5, 0.6) is 0 Å². The highest BCUT2D eigenvalue weighted by atomic mass is 32.2. The number of imide groups is 1. The van der Waals surface area contributed by atoms with Crippen molar-refractivity contribution in [3.63, 3.8) is 0 Å². The lowest BCUT2D eigenvalue weighted by Crippen LogP contribution is -2.27. The zero-order valence-corrected chi connectivity index (χ0v) is 11.7. The number of rotatable bonds is 2. The van der Waals surface area contributed by atoms with Gasteiger partial charge in [-0.05, 0) is 42.5 Å². The van der Waals surface area contributed by atoms with Crippen LogP contribution in [0.4, 0.5) is 4.79 Å². The zero-order valence-electron chi connectivity index (χ0n) is 10.9. The molecule has 0 aliphatic carbocycles. The number of amides is 2. The molecule has 0 spiro atoms. The Morgan fingerprint density at radius 2 is 2.10 bits per heavy atom. The summed E-state index contributed by atoms with van der Waals surface area (Å²) in [7, 11) is 0. The summed E-state index contributed by atoms with van der Waals surface area (Å²) < 4.78 is 0. The minimum absolute atomic E-state index is 0.211. The molecule has 0 unspecified atom stereocenters. The van der Waals surface area contributed by atoms with Crippen molar-refractivity contribution in [2.24, 2.45) is 0 Å². The molecule has 20 heavy (non-hydrogen) atoms. The molecule has 5 heteroatoms. The molecule has 100 valence electrons. The highest BCUT2D eigenvalue weighted by molar-refractivity contribution is 8.18. The Bertz CT molecular complexity index is 739. The maximum atomic E-state index is 12.0. The number of aromatic nitrogens is 1. The fraction of sp³-hybridized carbons (Fsp3) is 0.133. The fourth-order valence-corrected chi connectivity index (χ4v) is 2.99. The molecule has 1 aliphatic rings. The third-order valence-electron chi connectivity index (χ3n) is 3.10. The molecule has 0 bridgehead atoms. The van der Waals surface area contributed by atoms with Crippen LogP contribution in [0.1, 0.15) is 12.5 Å². The second-order valence-electron chi connectivity index (χ2n) is 4.39. The Morgan fingerprint density at radius 3 is 2.85 bits per heavy atom. The minimum atomic E-state index is -0.226. The third kappa shape index (κ3) is 2.20. The van der Waals surface area contributed by atoms with E-state index >= 15 is 0 Å². The number of nitrogens with zero attached hydrogens (tertiary/aromatic N) is 2. The van der Waals surface area contributed by atoms with Gasteiger partial charge in [-0.15, -0.1) is 0 Å². The van der Waals surface area contributed by atoms with Crippen LogP contribution in [0.25, 0.3) is 17.0 Å². The van der Waals surface area contributed by atoms with Crippen LogP contribution in [0.15, 0.2) is 41.4 Å². The second kappa shape index (κ2) is 5.09. The molecule has 0 atom stereocenters. The van der Waals surface area contributed by atoms with Crippen molar-refractivity contribution in [3.05, 3.63) is 47.0 Å². The van der Waals surface area contributed by atoms with Gasteiger partial charge in [0.25, 0.3) is 11.1 Å². The van der Waals surface area contributed by atoms with Crippen LogP contribution in [0, 0.1) is 0 Å². The van der Waals surface area contributed by atoms with E-state index in [0.717, 1.165) is 28.2 Å². The standard InChI is InChI=1S/C15H12N2O2S/c1-2-17-14(18)13(20-15(17)19)8-10-7-11-5-3-4-6-12(11)16-9-10/h3-9H,2H2,1H3. The summed E-state index contributed by atoms with van der Waals surface area (Å²) in [5, 5.41) is 0.800. The van der Waals surface area contributed by atoms with Gasteiger partial charge in [-0.1, -0.05) is 18.2 Å². The monoisotopic (exact) mass is 284 g/mol. The van der Waals surface area contributed by atoms with Gasteiger partial charge >= 0.3 is 0 Å². The quantitative estimate of drug-likeness (QED) is 0.794. The first-order chi connectivity index (χ1) is 9.69. The predicted molar refractivity (Wildman–Crippen MR) is 80.1 cm³/mol. The summed E-state index contributed by atoms with van der Waals surface area (Å²) in [6.45, 7) is 2.19. The largest absolute Gasteiger partial charge is 0.293 e. The van der Waals surface area contributed by atoms with Gasteiger partial charge in [0, 0.05) is 18.1 Å². The van der Waals surface area contributed by atoms with E-state index in [-0.39, 0.29) is 11.1 Å². The van der Waals surface area contributed by atoms with E-state index in [0.29, 0.717) is 11.4 Å². The van der Waals surface area contributed by atoms with Crippen LogP contribution in [-0.4, -0.2) is 27.6 Å². The molecule has 1 fully saturated rings. The van der Waals surface area contributed by atoms with Crippen LogP contribution < -0.4 is 0 Å². The summed E-state index contributed by atoms with van der Waals surface area (Å²) in [6.07, 6.45) is 3.43. The fourth-order valence-electron chi connectivity index (χ4n) is 2.09. The van der Waals surface area contributed by atoms with Crippen LogP contribution in [-0.2, 0) is 4.79 Å². The Balaban J connectivity index is 1.98. The van der Waals surface area contributed by atoms with Crippen molar-refractivity contribution in [1.29, 1.82) is 0 Å². The lowest BCUT2D eigenvalue weighted by molar-refractivity contribution is -0.122. The molecule has 4 nitrogen and oxygen atoms in total. The summed E-state index contributed by atoms with van der Waals surface area (Å²) >= 11 is 0.977. The van der Waals surface area contributed by atoms with Crippen LogP contribution in [0.3, 0.4) is 0 Å². The number of pyridine rings is 1. The Hall–Kier alpha value is -2.14. The number of fused-ring (bicyclic) bond motifs is 1. The lowest BCUT2D eigenvalue weighted by Gasteiger charge is -2.06. The van der Waals surface area contributed by atoms with Crippen molar-refractivity contribution in [1.82, 2.24) is 9.88 Å². The van der Waals surface area contributed by atoms with Gasteiger partial charge < -0.3 is 0 Å². The van der Waals surface area contributed by atoms with Crippen molar-refractivity contribution >= 4 is 39.9 Å². The number of hydrogen-bond acceptors (Lipinski definition) is 4. The molecule has 0 radical (unpaired) electrons. The number of para-hydroxylation sites is 1. The molecule has 2 aromatic rings. The molecule has 0 saturated carbocycles. The first-order valence-corrected chi connectivity index (χ1v) is 7.11. The van der Waals surface area contributed by atoms with Crippen LogP contribution in [0.2, 0.25) is 0 Å². The Kier molecular flexibility index (Phi) is 3.28. The van der Waals surface area contributed by atoms with E-state index in [2.05, 4.69) is 4.98 Å². The van der Waals surface area contributed by atoms with E-state index in [9.17, 15) is 9.59 Å². The molecule has 1 aromatic heterocycles. The van der Waals surface area contributed by atoms with Crippen molar-refractivity contribution < 1.29 is 9.59 Å². The molecule has 1 aromatic carbocycles. The Labute approximate surface area is 120 Å². The molecule has 3 rings (SSSR count). The molecular formula is C15H12N2O2S. The van der Waals surface area contributed by atoms with Crippen molar-refractivity contribution in [2.75, 3.05) is 6.54 Å². The number of carbonyl (C=O) groups is 2. The SMILES string of the molecule is CCN1C(=O)SC(=Cc2cnc3ccccc3c2)C1=O. The van der Waals surface area contributed by atoms with Gasteiger partial charge in [0.05, 0.1) is 10.4 Å². The first kappa shape index (κ1) is 12.9. The summed E-state index contributed by atoms with van der Waals surface area (Å²) in [5.74, 6) is -0.226. The maximum Gasteiger partial charge on any atom is 0.293 e. The molecule has 1 saturated heterocycles. The van der Waals surface area contributed by atoms with Crippen LogP contribution >= 0.6 is 11.8 Å². The molecule has 1 aliphatic heterocycles. The number of thioether (sulfide) groups is 1. The van der Waals surface area contributed by atoms with E-state index in [1.165, 1.54) is 4.90 Å². The predicted octanol–water partition coefficient (Wildman–Crippen LogP) is 3.29. The average molecular weight is 284 g/mol. The maximum absolute atomic E-state index is 12.0. The van der Waals surface area contributed by atoms with E-state index in [4.69, 9.17) is 0 Å². The van der Waals surface area contributed by atoms with Gasteiger partial charge in [0.15, 0.2) is 0 Å². The second-order valence-corrected chi connectivity index (χ2v) is 5.38. The van der Waals surface area contributed by atoms with E-state index in [1.807, 2.05) is 30.3 Å². The topological polar surface area (TPSA) is 50.3 Å². The van der Waals surface area contributed by atoms with Gasteiger partial charge in [0.1, 0.15) is 0 Å². The normalized spacial score (nSPS) is 17.4. The smallest absolute Gasteiger partial charge is 0.269 e. The third-order valence-corrected chi connectivity index (χ3v) is 4.01. The van der Waals surface area contributed by atoms with E-state index in [1.54, 1.807) is 19.2 Å². The van der Waals surface area contributed by atoms with Gasteiger partial charge in [-0.2, -0.15) is 0 Å². The average Bonchev–Trinajstić information content (AvgIpc) is 2.73. The number of likely N-dealkylation sites (N-methyl/N-ethyl adjacent to an activating group) is 1. The van der Waals surface area contributed by atoms with E-state index < -0.39 is 0 Å². The van der Waals surface area contributed by atoms with Gasteiger partial charge in [0.2, 0.25) is 0 Å².